The van der Waals surface area contributed by atoms with E-state index in [1.807, 2.05) is 0 Å². The van der Waals surface area contributed by atoms with E-state index in [1.54, 1.807) is 0 Å². The van der Waals surface area contributed by atoms with E-state index in [9.17, 15) is 8.78 Å². The van der Waals surface area contributed by atoms with E-state index in [0.29, 0.717) is 0 Å². The number of nitrogens with one attached hydrogen (secondary N) is 1. The molecule has 0 radical (unpaired) electrons. The van der Waals surface area contributed by atoms with Gasteiger partial charge in [-0.1, -0.05) is 11.6 Å². The molecule has 88 valence electrons. The number of hydrogen-bond donors (Lipinski definition) is 2. The highest BCUT2D eigenvalue weighted by Gasteiger charge is 2.09. The molecule has 0 aliphatic heterocycles. The van der Waals surface area contributed by atoms with Crippen molar-refractivity contribution in [3.63, 3.8) is 0 Å². The first-order chi connectivity index (χ1) is 8.06. The zero-order valence-electron chi connectivity index (χ0n) is 8.42. The minimum atomic E-state index is -0.728. The van der Waals surface area contributed by atoms with E-state index in [2.05, 4.69) is 15.3 Å². The van der Waals surface area contributed by atoms with Crippen molar-refractivity contribution >= 4 is 29.1 Å². The Morgan fingerprint density at radius 1 is 1.24 bits per heavy atom. The van der Waals surface area contributed by atoms with Crippen LogP contribution in [0.3, 0.4) is 0 Å². The Morgan fingerprint density at radius 3 is 2.71 bits per heavy atom. The van der Waals surface area contributed by atoms with Gasteiger partial charge < -0.3 is 11.1 Å². The average Bonchev–Trinajstić information content (AvgIpc) is 2.27. The Hall–Kier alpha value is -1.95. The highest BCUT2D eigenvalue weighted by Crippen LogP contribution is 2.23. The largest absolute Gasteiger partial charge is 0.368 e. The molecule has 0 fully saturated rings. The van der Waals surface area contributed by atoms with Crippen LogP contribution in [-0.2, 0) is 0 Å². The van der Waals surface area contributed by atoms with Gasteiger partial charge in [0.2, 0.25) is 5.95 Å². The summed E-state index contributed by atoms with van der Waals surface area (Å²) in [5.41, 5.74) is 5.35. The summed E-state index contributed by atoms with van der Waals surface area (Å²) < 4.78 is 26.7. The maximum atomic E-state index is 13.4. The molecule has 0 amide bonds. The van der Waals surface area contributed by atoms with Crippen molar-refractivity contribution in [1.82, 2.24) is 9.97 Å². The topological polar surface area (TPSA) is 63.8 Å². The third kappa shape index (κ3) is 2.59. The summed E-state index contributed by atoms with van der Waals surface area (Å²) >= 11 is 5.59. The third-order valence-corrected chi connectivity index (χ3v) is 2.18. The van der Waals surface area contributed by atoms with Crippen molar-refractivity contribution in [2.75, 3.05) is 11.1 Å². The molecule has 17 heavy (non-hydrogen) atoms. The number of nitrogens with two attached hydrogens (primary N) is 1. The van der Waals surface area contributed by atoms with Gasteiger partial charge in [-0.2, -0.15) is 4.98 Å². The van der Waals surface area contributed by atoms with Gasteiger partial charge in [-0.05, 0) is 18.2 Å². The van der Waals surface area contributed by atoms with Crippen LogP contribution in [0.15, 0.2) is 24.4 Å². The van der Waals surface area contributed by atoms with Crippen molar-refractivity contribution in [2.45, 2.75) is 0 Å². The molecule has 0 saturated carbocycles. The summed E-state index contributed by atoms with van der Waals surface area (Å²) in [7, 11) is 0. The van der Waals surface area contributed by atoms with E-state index < -0.39 is 11.6 Å². The molecule has 0 saturated heterocycles. The second-order valence-corrected chi connectivity index (χ2v) is 3.61. The number of aromatic nitrogens is 2. The molecule has 0 spiro atoms. The summed E-state index contributed by atoms with van der Waals surface area (Å²) in [6, 6.07) is 3.94. The van der Waals surface area contributed by atoms with Crippen LogP contribution in [-0.4, -0.2) is 9.97 Å². The molecule has 0 aliphatic rings. The number of halogens is 3. The number of rotatable bonds is 2. The lowest BCUT2D eigenvalue weighted by molar-refractivity contribution is 0.616. The normalized spacial score (nSPS) is 10.3. The number of nitrogens with zero attached hydrogens (tertiary/aromatic N) is 2. The van der Waals surface area contributed by atoms with Crippen molar-refractivity contribution in [1.29, 1.82) is 0 Å². The molecular formula is C10H7ClF2N4. The first-order valence-electron chi connectivity index (χ1n) is 4.56. The Kier molecular flexibility index (Phi) is 3.06. The Bertz CT molecular complexity index is 562. The first kappa shape index (κ1) is 11.5. The maximum Gasteiger partial charge on any atom is 0.222 e. The smallest absolute Gasteiger partial charge is 0.222 e. The zero-order chi connectivity index (χ0) is 12.4. The summed E-state index contributed by atoms with van der Waals surface area (Å²) in [5, 5.41) is 2.71. The van der Waals surface area contributed by atoms with Crippen molar-refractivity contribution < 1.29 is 8.78 Å². The summed E-state index contributed by atoms with van der Waals surface area (Å²) in [6.07, 6.45) is 0.901. The van der Waals surface area contributed by atoms with Gasteiger partial charge in [-0.15, -0.1) is 0 Å². The van der Waals surface area contributed by atoms with Gasteiger partial charge >= 0.3 is 0 Å². The Balaban J connectivity index is 2.34. The molecule has 0 atom stereocenters. The predicted molar refractivity (Wildman–Crippen MR) is 61.1 cm³/mol. The number of anilines is 3. The predicted octanol–water partition coefficient (Wildman–Crippen LogP) is 2.73. The van der Waals surface area contributed by atoms with Crippen LogP contribution in [0.25, 0.3) is 0 Å². The molecule has 2 aromatic rings. The van der Waals surface area contributed by atoms with E-state index in [1.165, 1.54) is 12.1 Å². The standard InChI is InChI=1S/C10H7ClF2N4/c11-5-1-2-8(6(12)3-5)16-9-7(13)4-15-10(14)17-9/h1-4H,(H3,14,15,16,17). The number of hydrogen-bond acceptors (Lipinski definition) is 4. The molecule has 1 heterocycles. The fraction of sp³-hybridized carbons (Fsp3) is 0. The Labute approximate surface area is 100 Å². The molecular weight excluding hydrogens is 250 g/mol. The molecule has 3 N–H and O–H groups in total. The summed E-state index contributed by atoms with van der Waals surface area (Å²) in [5.74, 6) is -1.65. The van der Waals surface area contributed by atoms with Crippen LogP contribution >= 0.6 is 11.6 Å². The molecule has 0 bridgehead atoms. The highest BCUT2D eigenvalue weighted by atomic mass is 35.5. The first-order valence-corrected chi connectivity index (χ1v) is 4.94. The van der Waals surface area contributed by atoms with Gasteiger partial charge in [0.25, 0.3) is 0 Å². The lowest BCUT2D eigenvalue weighted by atomic mass is 10.3. The summed E-state index contributed by atoms with van der Waals surface area (Å²) in [4.78, 5) is 7.07. The SMILES string of the molecule is Nc1ncc(F)c(Nc2ccc(Cl)cc2F)n1. The van der Waals surface area contributed by atoms with Crippen LogP contribution in [0.4, 0.5) is 26.2 Å². The van der Waals surface area contributed by atoms with Crippen LogP contribution in [0.2, 0.25) is 5.02 Å². The third-order valence-electron chi connectivity index (χ3n) is 1.95. The lowest BCUT2D eigenvalue weighted by Gasteiger charge is -2.07. The van der Waals surface area contributed by atoms with E-state index in [-0.39, 0.29) is 22.5 Å². The summed E-state index contributed by atoms with van der Waals surface area (Å²) in [6.45, 7) is 0. The molecule has 1 aromatic carbocycles. The van der Waals surface area contributed by atoms with Crippen molar-refractivity contribution in [3.8, 4) is 0 Å². The molecule has 2 rings (SSSR count). The van der Waals surface area contributed by atoms with Crippen LogP contribution in [0, 0.1) is 11.6 Å². The van der Waals surface area contributed by atoms with Gasteiger partial charge in [0.05, 0.1) is 11.9 Å². The fourth-order valence-corrected chi connectivity index (χ4v) is 1.35. The molecule has 0 unspecified atom stereocenters. The van der Waals surface area contributed by atoms with Gasteiger partial charge in [0.1, 0.15) is 5.82 Å². The monoisotopic (exact) mass is 256 g/mol. The van der Waals surface area contributed by atoms with Gasteiger partial charge in [-0.3, -0.25) is 0 Å². The highest BCUT2D eigenvalue weighted by molar-refractivity contribution is 6.30. The lowest BCUT2D eigenvalue weighted by Crippen LogP contribution is -2.03. The van der Waals surface area contributed by atoms with Crippen LogP contribution in [0.1, 0.15) is 0 Å². The minimum Gasteiger partial charge on any atom is -0.368 e. The maximum absolute atomic E-state index is 13.4. The van der Waals surface area contributed by atoms with E-state index in [4.69, 9.17) is 17.3 Å². The van der Waals surface area contributed by atoms with Crippen molar-refractivity contribution in [3.05, 3.63) is 41.1 Å². The van der Waals surface area contributed by atoms with Crippen LogP contribution < -0.4 is 11.1 Å². The molecule has 4 nitrogen and oxygen atoms in total. The second-order valence-electron chi connectivity index (χ2n) is 3.17. The van der Waals surface area contributed by atoms with Gasteiger partial charge in [0, 0.05) is 5.02 Å². The molecule has 7 heteroatoms. The second kappa shape index (κ2) is 4.50. The van der Waals surface area contributed by atoms with Crippen molar-refractivity contribution in [2.24, 2.45) is 0 Å². The fourth-order valence-electron chi connectivity index (χ4n) is 1.19. The number of nitrogen functional groups attached to an aromatic ring is 1. The van der Waals surface area contributed by atoms with E-state index in [0.717, 1.165) is 12.3 Å². The molecule has 0 aliphatic carbocycles. The number of benzene rings is 1. The van der Waals surface area contributed by atoms with E-state index >= 15 is 0 Å². The van der Waals surface area contributed by atoms with Crippen LogP contribution in [0.5, 0.6) is 0 Å². The Morgan fingerprint density at radius 2 is 2.00 bits per heavy atom. The minimum absolute atomic E-state index is 0.0476. The average molecular weight is 257 g/mol. The zero-order valence-corrected chi connectivity index (χ0v) is 9.17. The van der Waals surface area contributed by atoms with Gasteiger partial charge in [0.15, 0.2) is 11.6 Å². The quantitative estimate of drug-likeness (QED) is 0.867. The van der Waals surface area contributed by atoms with Gasteiger partial charge in [-0.25, -0.2) is 13.8 Å². The molecule has 1 aromatic heterocycles.